The average molecular weight is 346 g/mol. The number of urea groups is 1. The number of anilines is 1. The van der Waals surface area contributed by atoms with Crippen LogP contribution in [0.1, 0.15) is 19.3 Å². The summed E-state index contributed by atoms with van der Waals surface area (Å²) >= 11 is 0. The van der Waals surface area contributed by atoms with Gasteiger partial charge in [0.15, 0.2) is 0 Å². The maximum atomic E-state index is 11.9. The van der Waals surface area contributed by atoms with E-state index in [4.69, 9.17) is 9.47 Å². The summed E-state index contributed by atoms with van der Waals surface area (Å²) in [4.78, 5) is 11.9. The van der Waals surface area contributed by atoms with Crippen LogP contribution < -0.4 is 15.4 Å². The van der Waals surface area contributed by atoms with Crippen LogP contribution >= 0.6 is 0 Å². The lowest BCUT2D eigenvalue weighted by Crippen LogP contribution is -2.29. The number of ether oxygens (including phenoxy) is 2. The van der Waals surface area contributed by atoms with E-state index >= 15 is 0 Å². The van der Waals surface area contributed by atoms with Gasteiger partial charge in [-0.25, -0.2) is 4.79 Å². The molecule has 0 spiro atoms. The van der Waals surface area contributed by atoms with Gasteiger partial charge in [-0.3, -0.25) is 4.68 Å². The van der Waals surface area contributed by atoms with Gasteiger partial charge in [-0.2, -0.15) is 5.10 Å². The molecule has 1 aromatic carbocycles. The number of hydrogen-bond acceptors (Lipinski definition) is 4. The minimum absolute atomic E-state index is 0.208. The van der Waals surface area contributed by atoms with E-state index in [1.807, 2.05) is 35.1 Å². The van der Waals surface area contributed by atoms with Crippen molar-refractivity contribution in [1.82, 2.24) is 15.1 Å². The zero-order chi connectivity index (χ0) is 17.7. The molecule has 25 heavy (non-hydrogen) atoms. The third-order valence-electron chi connectivity index (χ3n) is 3.55. The SMILES string of the molecule is COCCCCCNC(=O)Nc1cccc(OCCn2cccn2)c1. The van der Waals surface area contributed by atoms with Crippen LogP contribution in [-0.4, -0.2) is 42.7 Å². The number of amides is 2. The predicted molar refractivity (Wildman–Crippen MR) is 96.9 cm³/mol. The Balaban J connectivity index is 1.66. The second-order valence-corrected chi connectivity index (χ2v) is 5.58. The number of aromatic nitrogens is 2. The zero-order valence-electron chi connectivity index (χ0n) is 14.6. The highest BCUT2D eigenvalue weighted by atomic mass is 16.5. The van der Waals surface area contributed by atoms with Crippen LogP contribution in [0.2, 0.25) is 0 Å². The molecule has 0 saturated heterocycles. The van der Waals surface area contributed by atoms with Crippen LogP contribution in [-0.2, 0) is 11.3 Å². The van der Waals surface area contributed by atoms with Crippen molar-refractivity contribution in [1.29, 1.82) is 0 Å². The molecule has 2 amide bonds. The second-order valence-electron chi connectivity index (χ2n) is 5.58. The highest BCUT2D eigenvalue weighted by molar-refractivity contribution is 5.89. The standard InChI is InChI=1S/C18H26N4O3/c1-24-13-4-2-3-9-19-18(23)21-16-7-5-8-17(15-16)25-14-12-22-11-6-10-20-22/h5-8,10-11,15H,2-4,9,12-14H2,1H3,(H2,19,21,23). The molecule has 2 rings (SSSR count). The first-order valence-electron chi connectivity index (χ1n) is 8.52. The minimum Gasteiger partial charge on any atom is -0.492 e. The predicted octanol–water partition coefficient (Wildman–Crippen LogP) is 2.90. The van der Waals surface area contributed by atoms with Gasteiger partial charge in [0.1, 0.15) is 12.4 Å². The normalized spacial score (nSPS) is 10.4. The molecule has 0 saturated carbocycles. The van der Waals surface area contributed by atoms with E-state index in [1.165, 1.54) is 0 Å². The molecule has 7 heteroatoms. The fourth-order valence-corrected chi connectivity index (χ4v) is 2.28. The van der Waals surface area contributed by atoms with Crippen LogP contribution in [0, 0.1) is 0 Å². The van der Waals surface area contributed by atoms with Gasteiger partial charge < -0.3 is 20.1 Å². The summed E-state index contributed by atoms with van der Waals surface area (Å²) in [6, 6.07) is 9.02. The van der Waals surface area contributed by atoms with Crippen molar-refractivity contribution in [2.75, 3.05) is 32.2 Å². The van der Waals surface area contributed by atoms with Crippen molar-refractivity contribution in [3.05, 3.63) is 42.7 Å². The monoisotopic (exact) mass is 346 g/mol. The quantitative estimate of drug-likeness (QED) is 0.613. The molecule has 0 unspecified atom stereocenters. The molecule has 0 radical (unpaired) electrons. The fourth-order valence-electron chi connectivity index (χ4n) is 2.28. The maximum absolute atomic E-state index is 11.9. The molecule has 2 aromatic rings. The van der Waals surface area contributed by atoms with Crippen LogP contribution in [0.3, 0.4) is 0 Å². The number of unbranched alkanes of at least 4 members (excludes halogenated alkanes) is 2. The van der Waals surface area contributed by atoms with Gasteiger partial charge in [-0.05, 0) is 37.5 Å². The molecule has 0 aliphatic rings. The molecule has 2 N–H and O–H groups in total. The molecule has 1 aromatic heterocycles. The first-order chi connectivity index (χ1) is 12.3. The van der Waals surface area contributed by atoms with E-state index in [9.17, 15) is 4.79 Å². The maximum Gasteiger partial charge on any atom is 0.319 e. The Morgan fingerprint density at radius 2 is 2.12 bits per heavy atom. The average Bonchev–Trinajstić information content (AvgIpc) is 3.12. The molecule has 0 aliphatic carbocycles. The Morgan fingerprint density at radius 1 is 1.20 bits per heavy atom. The third kappa shape index (κ3) is 7.71. The van der Waals surface area contributed by atoms with Gasteiger partial charge in [0, 0.05) is 44.4 Å². The van der Waals surface area contributed by atoms with Crippen LogP contribution in [0.4, 0.5) is 10.5 Å². The number of benzene rings is 1. The number of carbonyl (C=O) groups excluding carboxylic acids is 1. The first-order valence-corrected chi connectivity index (χ1v) is 8.52. The highest BCUT2D eigenvalue weighted by Gasteiger charge is 2.03. The largest absolute Gasteiger partial charge is 0.492 e. The summed E-state index contributed by atoms with van der Waals surface area (Å²) in [6.07, 6.45) is 6.61. The van der Waals surface area contributed by atoms with Gasteiger partial charge in [0.2, 0.25) is 0 Å². The molecule has 7 nitrogen and oxygen atoms in total. The number of methoxy groups -OCH3 is 1. The minimum atomic E-state index is -0.208. The summed E-state index contributed by atoms with van der Waals surface area (Å²) in [7, 11) is 1.70. The van der Waals surface area contributed by atoms with Crippen LogP contribution in [0.25, 0.3) is 0 Å². The van der Waals surface area contributed by atoms with Crippen LogP contribution in [0.15, 0.2) is 42.7 Å². The fraction of sp³-hybridized carbons (Fsp3) is 0.444. The second kappa shape index (κ2) is 11.1. The van der Waals surface area contributed by atoms with Gasteiger partial charge >= 0.3 is 6.03 Å². The summed E-state index contributed by atoms with van der Waals surface area (Å²) in [5.41, 5.74) is 0.702. The Hall–Kier alpha value is -2.54. The van der Waals surface area contributed by atoms with Crippen molar-refractivity contribution < 1.29 is 14.3 Å². The number of nitrogens with zero attached hydrogens (tertiary/aromatic N) is 2. The zero-order valence-corrected chi connectivity index (χ0v) is 14.6. The number of hydrogen-bond donors (Lipinski definition) is 2. The van der Waals surface area contributed by atoms with Crippen molar-refractivity contribution in [3.8, 4) is 5.75 Å². The molecular weight excluding hydrogens is 320 g/mol. The molecule has 0 bridgehead atoms. The van der Waals surface area contributed by atoms with Crippen molar-refractivity contribution in [2.24, 2.45) is 0 Å². The summed E-state index contributed by atoms with van der Waals surface area (Å²) in [5, 5.41) is 9.78. The van der Waals surface area contributed by atoms with E-state index in [0.717, 1.165) is 25.9 Å². The van der Waals surface area contributed by atoms with E-state index in [-0.39, 0.29) is 6.03 Å². The van der Waals surface area contributed by atoms with Gasteiger partial charge in [0.25, 0.3) is 0 Å². The highest BCUT2D eigenvalue weighted by Crippen LogP contribution is 2.17. The molecule has 0 aliphatic heterocycles. The summed E-state index contributed by atoms with van der Waals surface area (Å²) in [6.45, 7) is 2.60. The topological polar surface area (TPSA) is 77.4 Å². The Labute approximate surface area is 148 Å². The lowest BCUT2D eigenvalue weighted by Gasteiger charge is -2.10. The third-order valence-corrected chi connectivity index (χ3v) is 3.55. The lowest BCUT2D eigenvalue weighted by atomic mass is 10.2. The lowest BCUT2D eigenvalue weighted by molar-refractivity contribution is 0.192. The van der Waals surface area contributed by atoms with E-state index in [2.05, 4.69) is 15.7 Å². The van der Waals surface area contributed by atoms with Gasteiger partial charge in [-0.1, -0.05) is 6.07 Å². The summed E-state index contributed by atoms with van der Waals surface area (Å²) < 4.78 is 12.5. The van der Waals surface area contributed by atoms with E-state index in [0.29, 0.717) is 31.1 Å². The molecule has 1 heterocycles. The smallest absolute Gasteiger partial charge is 0.319 e. The molecule has 0 fully saturated rings. The van der Waals surface area contributed by atoms with Gasteiger partial charge in [0.05, 0.1) is 6.54 Å². The molecular formula is C18H26N4O3. The first kappa shape index (κ1) is 18.8. The Morgan fingerprint density at radius 3 is 2.92 bits per heavy atom. The number of carbonyl (C=O) groups is 1. The Bertz CT molecular complexity index is 617. The van der Waals surface area contributed by atoms with Crippen molar-refractivity contribution >= 4 is 11.7 Å². The Kier molecular flexibility index (Phi) is 8.34. The van der Waals surface area contributed by atoms with Crippen LogP contribution in [0.5, 0.6) is 5.75 Å². The van der Waals surface area contributed by atoms with Crippen molar-refractivity contribution in [2.45, 2.75) is 25.8 Å². The van der Waals surface area contributed by atoms with E-state index in [1.54, 1.807) is 19.4 Å². The number of rotatable bonds is 11. The molecule has 136 valence electrons. The van der Waals surface area contributed by atoms with Crippen molar-refractivity contribution in [3.63, 3.8) is 0 Å². The van der Waals surface area contributed by atoms with Gasteiger partial charge in [-0.15, -0.1) is 0 Å². The number of nitrogens with one attached hydrogen (secondary N) is 2. The summed E-state index contributed by atoms with van der Waals surface area (Å²) in [5.74, 6) is 0.713. The molecule has 0 atom stereocenters. The van der Waals surface area contributed by atoms with E-state index < -0.39 is 0 Å².